The molecule has 0 aromatic heterocycles. The summed E-state index contributed by atoms with van der Waals surface area (Å²) < 4.78 is 57.3. The molecule has 1 atom stereocenters. The largest absolute Gasteiger partial charge is 0.479 e. The minimum absolute atomic E-state index is 0.892. The van der Waals surface area contributed by atoms with Crippen molar-refractivity contribution < 1.29 is 40.9 Å². The number of carboxylic acids is 1. The highest BCUT2D eigenvalue weighted by molar-refractivity contribution is 8.08. The molecule has 16 heavy (non-hydrogen) atoms. The lowest BCUT2D eigenvalue weighted by molar-refractivity contribution is -0.155. The number of carboxylic acid groups (broad SMARTS) is 1. The number of aliphatic carboxylic acids is 1. The summed E-state index contributed by atoms with van der Waals surface area (Å²) >= 11 is 0. The van der Waals surface area contributed by atoms with Gasteiger partial charge in [0.2, 0.25) is 5.60 Å². The van der Waals surface area contributed by atoms with Crippen molar-refractivity contribution in [2.75, 3.05) is 0 Å². The fourth-order valence-electron chi connectivity index (χ4n) is 0.943. The molecular weight excluding hydrogens is 268 g/mol. The Morgan fingerprint density at radius 3 is 1.50 bits per heavy atom. The zero-order valence-corrected chi connectivity index (χ0v) is 9.49. The van der Waals surface area contributed by atoms with Gasteiger partial charge in [-0.05, 0) is 6.42 Å². The number of hydrogen-bond donors (Lipinski definition) is 4. The molecule has 0 aliphatic carbocycles. The number of carbonyl (C=O) groups is 1. The van der Waals surface area contributed by atoms with Crippen molar-refractivity contribution in [3.63, 3.8) is 0 Å². The molecule has 0 fully saturated rings. The number of hydrogen-bond acceptors (Lipinski definition) is 6. The van der Waals surface area contributed by atoms with Crippen LogP contribution in [0.15, 0.2) is 0 Å². The van der Waals surface area contributed by atoms with E-state index in [4.69, 9.17) is 14.2 Å². The summed E-state index contributed by atoms with van der Waals surface area (Å²) in [6, 6.07) is 0. The van der Waals surface area contributed by atoms with Crippen LogP contribution in [-0.4, -0.2) is 47.7 Å². The van der Waals surface area contributed by atoms with E-state index in [-0.39, 0.29) is 0 Å². The second-order valence-corrected chi connectivity index (χ2v) is 5.73. The zero-order chi connectivity index (χ0) is 13.4. The van der Waals surface area contributed by atoms with Gasteiger partial charge in [0.25, 0.3) is 20.2 Å². The molecule has 0 saturated heterocycles. The van der Waals surface area contributed by atoms with Gasteiger partial charge in [-0.3, -0.25) is 9.11 Å². The van der Waals surface area contributed by atoms with E-state index in [1.165, 1.54) is 0 Å². The van der Waals surface area contributed by atoms with Crippen LogP contribution in [0, 0.1) is 4.58 Å². The maximum Gasteiger partial charge on any atom is 0.338 e. The molecule has 0 bridgehead atoms. The van der Waals surface area contributed by atoms with Crippen LogP contribution in [0.4, 0.5) is 0 Å². The Morgan fingerprint density at radius 2 is 1.44 bits per heavy atom. The second kappa shape index (κ2) is 4.25. The van der Waals surface area contributed by atoms with Crippen LogP contribution in [0.2, 0.25) is 0 Å². The predicted molar refractivity (Wildman–Crippen MR) is 49.2 cm³/mol. The van der Waals surface area contributed by atoms with E-state index >= 15 is 0 Å². The van der Waals surface area contributed by atoms with Gasteiger partial charge in [-0.25, -0.2) is 4.79 Å². The molecule has 1 radical (unpaired) electrons. The summed E-state index contributed by atoms with van der Waals surface area (Å²) in [6.45, 7) is 0.949. The molecule has 95 valence electrons. The molecule has 0 aromatic carbocycles. The molecule has 1 unspecified atom stereocenters. The van der Waals surface area contributed by atoms with E-state index in [1.807, 2.05) is 0 Å². The highest BCUT2D eigenvalue weighted by Gasteiger charge is 2.58. The highest BCUT2D eigenvalue weighted by atomic mass is 32.3. The van der Waals surface area contributed by atoms with E-state index in [9.17, 15) is 26.7 Å². The quantitative estimate of drug-likeness (QED) is 0.436. The van der Waals surface area contributed by atoms with Crippen LogP contribution in [0.5, 0.6) is 0 Å². The smallest absolute Gasteiger partial charge is 0.338 e. The van der Waals surface area contributed by atoms with E-state index < -0.39 is 42.8 Å². The number of rotatable bonds is 5. The van der Waals surface area contributed by atoms with Gasteiger partial charge < -0.3 is 10.2 Å². The van der Waals surface area contributed by atoms with Crippen molar-refractivity contribution >= 4 is 26.2 Å². The Kier molecular flexibility index (Phi) is 4.05. The Hall–Kier alpha value is -0.750. The summed E-state index contributed by atoms with van der Waals surface area (Å²) in [6.07, 6.45) is -0.892. The van der Waals surface area contributed by atoms with Gasteiger partial charge in [0, 0.05) is 0 Å². The molecule has 0 rings (SSSR count). The maximum atomic E-state index is 10.6. The summed E-state index contributed by atoms with van der Waals surface area (Å²) in [4.78, 5) is 10.6. The standard InChI is InChI=1S/C5H9O9S2/c1-2-5(8,3(6)7)4(15(9,10)11)16(12,13)14/h8H,2H2,1H3,(H,6,7)(H,9,10,11)(H,12,13,14). The fraction of sp³-hybridized carbons (Fsp3) is 0.600. The van der Waals surface area contributed by atoms with Gasteiger partial charge in [0.15, 0.2) is 0 Å². The first-order chi connectivity index (χ1) is 6.87. The third-order valence-electron chi connectivity index (χ3n) is 1.67. The molecular formula is C5H9O9S2. The number of aliphatic hydroxyl groups is 1. The minimum Gasteiger partial charge on any atom is -0.479 e. The molecule has 0 spiro atoms. The minimum atomic E-state index is -5.59. The first-order valence-corrected chi connectivity index (χ1v) is 6.53. The van der Waals surface area contributed by atoms with Crippen molar-refractivity contribution in [2.24, 2.45) is 0 Å². The zero-order valence-electron chi connectivity index (χ0n) is 7.85. The second-order valence-electron chi connectivity index (χ2n) is 2.76. The van der Waals surface area contributed by atoms with Gasteiger partial charge in [0.1, 0.15) is 0 Å². The van der Waals surface area contributed by atoms with Crippen LogP contribution >= 0.6 is 0 Å². The van der Waals surface area contributed by atoms with Crippen LogP contribution < -0.4 is 0 Å². The van der Waals surface area contributed by atoms with Crippen molar-refractivity contribution in [2.45, 2.75) is 18.9 Å². The Bertz CT molecular complexity index is 442. The summed E-state index contributed by atoms with van der Waals surface area (Å²) in [7, 11) is -11.2. The molecule has 9 nitrogen and oxygen atoms in total. The van der Waals surface area contributed by atoms with Gasteiger partial charge >= 0.3 is 10.6 Å². The van der Waals surface area contributed by atoms with Gasteiger partial charge in [-0.2, -0.15) is 16.8 Å². The van der Waals surface area contributed by atoms with Crippen molar-refractivity contribution in [3.05, 3.63) is 4.58 Å². The summed E-state index contributed by atoms with van der Waals surface area (Å²) in [5.41, 5.74) is -3.42. The normalized spacial score (nSPS) is 17.1. The van der Waals surface area contributed by atoms with Gasteiger partial charge in [0.05, 0.1) is 0 Å². The Balaban J connectivity index is 6.02. The third kappa shape index (κ3) is 2.89. The van der Waals surface area contributed by atoms with E-state index in [1.54, 1.807) is 0 Å². The lowest BCUT2D eigenvalue weighted by Gasteiger charge is -2.25. The Labute approximate surface area is 91.2 Å². The van der Waals surface area contributed by atoms with Crippen LogP contribution in [0.25, 0.3) is 0 Å². The van der Waals surface area contributed by atoms with Crippen LogP contribution in [-0.2, 0) is 25.0 Å². The average Bonchev–Trinajstić information content (AvgIpc) is 1.97. The Morgan fingerprint density at radius 1 is 1.12 bits per heavy atom. The SMILES string of the molecule is CCC(O)([C](S(=O)(=O)O)S(=O)(=O)O)C(=O)O. The molecule has 0 aromatic rings. The lowest BCUT2D eigenvalue weighted by atomic mass is 10.0. The molecule has 0 aliphatic rings. The molecule has 0 aliphatic heterocycles. The fourth-order valence-corrected chi connectivity index (χ4v) is 3.32. The molecule has 4 N–H and O–H groups in total. The van der Waals surface area contributed by atoms with Crippen LogP contribution in [0.3, 0.4) is 0 Å². The van der Waals surface area contributed by atoms with E-state index in [2.05, 4.69) is 0 Å². The van der Waals surface area contributed by atoms with E-state index in [0.29, 0.717) is 0 Å². The molecule has 0 saturated carbocycles. The third-order valence-corrected chi connectivity index (χ3v) is 4.55. The summed E-state index contributed by atoms with van der Waals surface area (Å²) in [5.74, 6) is -2.24. The van der Waals surface area contributed by atoms with Gasteiger partial charge in [-0.15, -0.1) is 0 Å². The average molecular weight is 277 g/mol. The van der Waals surface area contributed by atoms with Crippen molar-refractivity contribution in [3.8, 4) is 0 Å². The van der Waals surface area contributed by atoms with E-state index in [0.717, 1.165) is 6.92 Å². The summed E-state index contributed by atoms with van der Waals surface area (Å²) in [5, 5.41) is 17.8. The molecule has 11 heteroatoms. The lowest BCUT2D eigenvalue weighted by Crippen LogP contribution is -2.50. The molecule has 0 amide bonds. The first kappa shape index (κ1) is 15.2. The topological polar surface area (TPSA) is 166 Å². The monoisotopic (exact) mass is 277 g/mol. The predicted octanol–water partition coefficient (Wildman–Crippen LogP) is -1.52. The highest BCUT2D eigenvalue weighted by Crippen LogP contribution is 2.32. The first-order valence-electron chi connectivity index (χ1n) is 3.65. The van der Waals surface area contributed by atoms with Gasteiger partial charge in [-0.1, -0.05) is 6.92 Å². The van der Waals surface area contributed by atoms with Crippen molar-refractivity contribution in [1.82, 2.24) is 0 Å². The molecule has 0 heterocycles. The maximum absolute atomic E-state index is 10.6. The van der Waals surface area contributed by atoms with Crippen molar-refractivity contribution in [1.29, 1.82) is 0 Å². The van der Waals surface area contributed by atoms with Crippen LogP contribution in [0.1, 0.15) is 13.3 Å².